The third kappa shape index (κ3) is 2.88. The van der Waals surface area contributed by atoms with Crippen LogP contribution in [0.3, 0.4) is 0 Å². The lowest BCUT2D eigenvalue weighted by Gasteiger charge is -2.07. The average Bonchev–Trinajstić information content (AvgIpc) is 2.38. The van der Waals surface area contributed by atoms with Crippen LogP contribution < -0.4 is 5.73 Å². The lowest BCUT2D eigenvalue weighted by atomic mass is 10.1. The molecule has 0 saturated carbocycles. The molecule has 0 radical (unpaired) electrons. The van der Waals surface area contributed by atoms with Gasteiger partial charge in [-0.3, -0.25) is 0 Å². The summed E-state index contributed by atoms with van der Waals surface area (Å²) >= 11 is 2.22. The minimum Gasteiger partial charge on any atom is -0.326 e. The lowest BCUT2D eigenvalue weighted by Crippen LogP contribution is -2.08. The summed E-state index contributed by atoms with van der Waals surface area (Å²) in [5, 5.41) is 0. The fraction of sp³-hybridized carbons (Fsp3) is 0.167. The zero-order chi connectivity index (χ0) is 13.2. The van der Waals surface area contributed by atoms with Gasteiger partial charge in [-0.15, -0.1) is 0 Å². The van der Waals surface area contributed by atoms with Crippen molar-refractivity contribution in [3.05, 3.63) is 48.0 Å². The van der Waals surface area contributed by atoms with Crippen molar-refractivity contribution in [3.8, 4) is 11.1 Å². The molecule has 0 fully saturated rings. The summed E-state index contributed by atoms with van der Waals surface area (Å²) in [5.74, 6) is -0.554. The third-order valence-electron chi connectivity index (χ3n) is 2.40. The first-order valence-electron chi connectivity index (χ1n) is 5.19. The number of nitrogens with zero attached hydrogens (tertiary/aromatic N) is 2. The van der Waals surface area contributed by atoms with Gasteiger partial charge in [0.1, 0.15) is 0 Å². The predicted octanol–water partition coefficient (Wildman–Crippen LogP) is 3.05. The van der Waals surface area contributed by atoms with Crippen LogP contribution in [0.25, 0.3) is 11.1 Å². The largest absolute Gasteiger partial charge is 0.359 e. The van der Waals surface area contributed by atoms with Gasteiger partial charge in [0.25, 0.3) is 0 Å². The highest BCUT2D eigenvalue weighted by atomic mass is 79.9. The van der Waals surface area contributed by atoms with Crippen LogP contribution in [0.2, 0.25) is 0 Å². The highest BCUT2D eigenvalue weighted by Crippen LogP contribution is 2.32. The molecule has 0 amide bonds. The van der Waals surface area contributed by atoms with Crippen LogP contribution in [0.15, 0.2) is 36.7 Å². The van der Waals surface area contributed by atoms with Crippen LogP contribution >= 0.6 is 15.9 Å². The number of aromatic nitrogens is 2. The Morgan fingerprint density at radius 1 is 1.17 bits per heavy atom. The van der Waals surface area contributed by atoms with Gasteiger partial charge < -0.3 is 5.73 Å². The van der Waals surface area contributed by atoms with Crippen molar-refractivity contribution in [1.29, 1.82) is 0 Å². The molecule has 0 spiro atoms. The second kappa shape index (κ2) is 5.07. The van der Waals surface area contributed by atoms with E-state index < -0.39 is 10.7 Å². The van der Waals surface area contributed by atoms with Crippen LogP contribution in [0.1, 0.15) is 11.4 Å². The minimum absolute atomic E-state index is 0.423. The molecule has 0 bridgehead atoms. The van der Waals surface area contributed by atoms with Gasteiger partial charge in [-0.1, -0.05) is 18.2 Å². The van der Waals surface area contributed by atoms with Crippen LogP contribution in [-0.4, -0.2) is 9.97 Å². The Morgan fingerprint density at radius 2 is 1.83 bits per heavy atom. The van der Waals surface area contributed by atoms with Crippen LogP contribution in [0.5, 0.6) is 0 Å². The van der Waals surface area contributed by atoms with Gasteiger partial charge in [-0.2, -0.15) is 8.78 Å². The van der Waals surface area contributed by atoms with Gasteiger partial charge in [0.05, 0.1) is 0 Å². The molecule has 18 heavy (non-hydrogen) atoms. The van der Waals surface area contributed by atoms with Crippen molar-refractivity contribution in [1.82, 2.24) is 9.97 Å². The Bertz CT molecular complexity index is 538. The fourth-order valence-corrected chi connectivity index (χ4v) is 1.71. The van der Waals surface area contributed by atoms with E-state index in [1.54, 1.807) is 0 Å². The molecule has 6 heteroatoms. The maximum absolute atomic E-state index is 12.9. The number of nitrogens with two attached hydrogens (primary N) is 1. The Hall–Kier alpha value is -1.40. The molecule has 0 aliphatic carbocycles. The molecular formula is C12H10BrF2N3. The van der Waals surface area contributed by atoms with Crippen molar-refractivity contribution in [2.24, 2.45) is 5.73 Å². The average molecular weight is 314 g/mol. The van der Waals surface area contributed by atoms with Crippen LogP contribution in [0, 0.1) is 0 Å². The van der Waals surface area contributed by atoms with Crippen LogP contribution in [-0.2, 0) is 11.4 Å². The van der Waals surface area contributed by atoms with Crippen LogP contribution in [0.4, 0.5) is 8.78 Å². The first-order chi connectivity index (χ1) is 8.50. The normalized spacial score (nSPS) is 11.6. The van der Waals surface area contributed by atoms with Gasteiger partial charge >= 0.3 is 4.83 Å². The molecule has 2 rings (SSSR count). The van der Waals surface area contributed by atoms with Crippen molar-refractivity contribution in [2.75, 3.05) is 0 Å². The van der Waals surface area contributed by atoms with E-state index in [-0.39, 0.29) is 0 Å². The van der Waals surface area contributed by atoms with Crippen molar-refractivity contribution in [2.45, 2.75) is 11.4 Å². The molecule has 0 saturated heterocycles. The molecule has 0 aliphatic heterocycles. The number of hydrogen-bond donors (Lipinski definition) is 1. The Morgan fingerprint density at radius 3 is 2.39 bits per heavy atom. The van der Waals surface area contributed by atoms with E-state index in [1.165, 1.54) is 12.4 Å². The van der Waals surface area contributed by atoms with Crippen molar-refractivity contribution in [3.63, 3.8) is 0 Å². The zero-order valence-electron chi connectivity index (χ0n) is 9.28. The van der Waals surface area contributed by atoms with Gasteiger partial charge in [0.15, 0.2) is 0 Å². The van der Waals surface area contributed by atoms with E-state index in [0.29, 0.717) is 12.1 Å². The fourth-order valence-electron chi connectivity index (χ4n) is 1.50. The molecule has 0 atom stereocenters. The molecule has 1 aromatic carbocycles. The van der Waals surface area contributed by atoms with E-state index in [2.05, 4.69) is 25.9 Å². The monoisotopic (exact) mass is 313 g/mol. The quantitative estimate of drug-likeness (QED) is 0.886. The summed E-state index contributed by atoms with van der Waals surface area (Å²) in [4.78, 5) is 4.08. The standard InChI is InChI=1S/C12H10BrF2N3/c13-12(14,15)11-17-6-10(7-18-11)9-3-1-2-8(4-9)5-16/h1-4,6-7H,5,16H2. The Labute approximate surface area is 111 Å². The smallest absolute Gasteiger partial charge is 0.326 e. The molecule has 0 unspecified atom stereocenters. The van der Waals surface area contributed by atoms with Gasteiger partial charge in [0, 0.05) is 24.5 Å². The molecular weight excluding hydrogens is 304 g/mol. The van der Waals surface area contributed by atoms with Gasteiger partial charge in [-0.05, 0) is 33.1 Å². The van der Waals surface area contributed by atoms with E-state index in [4.69, 9.17) is 5.73 Å². The molecule has 2 N–H and O–H groups in total. The highest BCUT2D eigenvalue weighted by molar-refractivity contribution is 9.09. The first kappa shape index (κ1) is 13.0. The predicted molar refractivity (Wildman–Crippen MR) is 68.2 cm³/mol. The van der Waals surface area contributed by atoms with Gasteiger partial charge in [-0.25, -0.2) is 9.97 Å². The van der Waals surface area contributed by atoms with Crippen molar-refractivity contribution >= 4 is 15.9 Å². The van der Waals surface area contributed by atoms with E-state index in [9.17, 15) is 8.78 Å². The third-order valence-corrected chi connectivity index (χ3v) is 2.76. The maximum Gasteiger partial charge on any atom is 0.359 e. The Kier molecular flexibility index (Phi) is 3.68. The topological polar surface area (TPSA) is 51.8 Å². The number of benzene rings is 1. The summed E-state index contributed by atoms with van der Waals surface area (Å²) in [5.41, 5.74) is 8.02. The number of halogens is 3. The summed E-state index contributed by atoms with van der Waals surface area (Å²) in [6.07, 6.45) is 2.74. The summed E-state index contributed by atoms with van der Waals surface area (Å²) < 4.78 is 25.8. The maximum atomic E-state index is 12.9. The van der Waals surface area contributed by atoms with E-state index in [0.717, 1.165) is 11.1 Å². The molecule has 0 aliphatic rings. The van der Waals surface area contributed by atoms with Crippen molar-refractivity contribution < 1.29 is 8.78 Å². The number of hydrogen-bond acceptors (Lipinski definition) is 3. The first-order valence-corrected chi connectivity index (χ1v) is 5.98. The molecule has 1 heterocycles. The summed E-state index contributed by atoms with van der Waals surface area (Å²) in [7, 11) is 0. The zero-order valence-corrected chi connectivity index (χ0v) is 10.9. The summed E-state index contributed by atoms with van der Waals surface area (Å²) in [6.45, 7) is 0.423. The van der Waals surface area contributed by atoms with Gasteiger partial charge in [0.2, 0.25) is 5.82 Å². The Balaban J connectivity index is 2.34. The second-order valence-corrected chi connectivity index (χ2v) is 4.69. The molecule has 2 aromatic rings. The van der Waals surface area contributed by atoms with E-state index in [1.807, 2.05) is 24.3 Å². The minimum atomic E-state index is -3.20. The van der Waals surface area contributed by atoms with E-state index >= 15 is 0 Å². The molecule has 3 nitrogen and oxygen atoms in total. The second-order valence-electron chi connectivity index (χ2n) is 3.70. The number of rotatable bonds is 3. The lowest BCUT2D eigenvalue weighted by molar-refractivity contribution is 0.104. The SMILES string of the molecule is NCc1cccc(-c2cnc(C(F)(F)Br)nc2)c1. The molecule has 1 aromatic heterocycles. The summed E-state index contributed by atoms with van der Waals surface area (Å²) in [6, 6.07) is 7.48. The highest BCUT2D eigenvalue weighted by Gasteiger charge is 2.30. The molecule has 94 valence electrons. The number of alkyl halides is 3.